The fraction of sp³-hybridized carbons (Fsp3) is 0.0909. The summed E-state index contributed by atoms with van der Waals surface area (Å²) in [4.78, 5) is 11.4. The van der Waals surface area contributed by atoms with Crippen LogP contribution < -0.4 is 0 Å². The van der Waals surface area contributed by atoms with Gasteiger partial charge in [0.2, 0.25) is 0 Å². The van der Waals surface area contributed by atoms with Crippen molar-refractivity contribution in [3.63, 3.8) is 0 Å². The summed E-state index contributed by atoms with van der Waals surface area (Å²) in [5.41, 5.74) is 1.06. The maximum Gasteiger partial charge on any atom is 0.338 e. The van der Waals surface area contributed by atoms with Crippen LogP contribution in [-0.4, -0.2) is 13.1 Å². The molecular formula is C11H8BrNO2. The fourth-order valence-corrected chi connectivity index (χ4v) is 1.48. The highest BCUT2D eigenvalue weighted by atomic mass is 79.9. The molecule has 4 heteroatoms. The van der Waals surface area contributed by atoms with Gasteiger partial charge in [0, 0.05) is 10.0 Å². The van der Waals surface area contributed by atoms with Gasteiger partial charge in [0.1, 0.15) is 0 Å². The molecule has 0 atom stereocenters. The number of hydrogen-bond donors (Lipinski definition) is 0. The number of nitriles is 1. The quantitative estimate of drug-likeness (QED) is 0.610. The number of allylic oxidation sites excluding steroid dienone is 1. The Bertz CT molecular complexity index is 460. The smallest absolute Gasteiger partial charge is 0.338 e. The molecule has 0 aliphatic rings. The van der Waals surface area contributed by atoms with Crippen molar-refractivity contribution in [2.45, 2.75) is 0 Å². The summed E-state index contributed by atoms with van der Waals surface area (Å²) in [6.07, 6.45) is 0. The zero-order chi connectivity index (χ0) is 11.4. The van der Waals surface area contributed by atoms with E-state index in [1.54, 1.807) is 18.2 Å². The molecule has 0 amide bonds. The number of esters is 1. The molecule has 0 aromatic heterocycles. The summed E-state index contributed by atoms with van der Waals surface area (Å²) in [6, 6.07) is 6.87. The Hall–Kier alpha value is -1.60. The van der Waals surface area contributed by atoms with E-state index in [9.17, 15) is 4.79 Å². The number of benzene rings is 1. The second-order valence-electron chi connectivity index (χ2n) is 2.77. The fourth-order valence-electron chi connectivity index (χ4n) is 1.11. The maximum atomic E-state index is 11.4. The van der Waals surface area contributed by atoms with Crippen LogP contribution in [-0.2, 0) is 4.74 Å². The van der Waals surface area contributed by atoms with Crippen molar-refractivity contribution in [1.29, 1.82) is 5.26 Å². The van der Waals surface area contributed by atoms with Crippen molar-refractivity contribution in [3.05, 3.63) is 40.4 Å². The van der Waals surface area contributed by atoms with E-state index in [1.807, 2.05) is 6.07 Å². The van der Waals surface area contributed by atoms with Gasteiger partial charge < -0.3 is 4.74 Å². The first-order chi connectivity index (χ1) is 7.10. The molecule has 1 aromatic rings. The predicted octanol–water partition coefficient (Wildman–Crippen LogP) is 2.77. The summed E-state index contributed by atoms with van der Waals surface area (Å²) in [7, 11) is 1.29. The van der Waals surface area contributed by atoms with Gasteiger partial charge in [-0.2, -0.15) is 5.26 Å². The van der Waals surface area contributed by atoms with E-state index in [2.05, 4.69) is 27.2 Å². The van der Waals surface area contributed by atoms with Gasteiger partial charge in [-0.15, -0.1) is 0 Å². The molecule has 0 saturated carbocycles. The average molecular weight is 266 g/mol. The summed E-state index contributed by atoms with van der Waals surface area (Å²) in [5.74, 6) is -0.478. The summed E-state index contributed by atoms with van der Waals surface area (Å²) in [6.45, 7) is 3.57. The molecular weight excluding hydrogens is 258 g/mol. The van der Waals surface area contributed by atoms with Gasteiger partial charge in [-0.3, -0.25) is 0 Å². The first-order valence-corrected chi connectivity index (χ1v) is 4.86. The van der Waals surface area contributed by atoms with Crippen LogP contribution >= 0.6 is 15.9 Å². The largest absolute Gasteiger partial charge is 0.465 e. The first-order valence-electron chi connectivity index (χ1n) is 4.07. The van der Waals surface area contributed by atoms with E-state index in [-0.39, 0.29) is 5.57 Å². The van der Waals surface area contributed by atoms with Crippen LogP contribution in [0.25, 0.3) is 5.57 Å². The number of ether oxygens (including phenoxy) is 1. The molecule has 15 heavy (non-hydrogen) atoms. The van der Waals surface area contributed by atoms with Crippen molar-refractivity contribution < 1.29 is 9.53 Å². The predicted molar refractivity (Wildman–Crippen MR) is 60.1 cm³/mol. The van der Waals surface area contributed by atoms with Crippen LogP contribution in [0.15, 0.2) is 29.3 Å². The standard InChI is InChI=1S/C11H8BrNO2/c1-7(6-13)10-5-8(12)3-4-9(10)11(14)15-2/h3-5H,1H2,2H3. The zero-order valence-corrected chi connectivity index (χ0v) is 9.67. The maximum absolute atomic E-state index is 11.4. The molecule has 0 spiro atoms. The van der Waals surface area contributed by atoms with Crippen LogP contribution in [0, 0.1) is 11.3 Å². The zero-order valence-electron chi connectivity index (χ0n) is 8.08. The van der Waals surface area contributed by atoms with E-state index in [0.717, 1.165) is 4.47 Å². The molecule has 0 unspecified atom stereocenters. The second kappa shape index (κ2) is 4.76. The summed E-state index contributed by atoms with van der Waals surface area (Å²) in [5, 5.41) is 8.74. The van der Waals surface area contributed by atoms with Crippen molar-refractivity contribution >= 4 is 27.5 Å². The lowest BCUT2D eigenvalue weighted by Crippen LogP contribution is -2.04. The van der Waals surface area contributed by atoms with Crippen molar-refractivity contribution in [3.8, 4) is 6.07 Å². The topological polar surface area (TPSA) is 50.1 Å². The van der Waals surface area contributed by atoms with Gasteiger partial charge >= 0.3 is 5.97 Å². The number of methoxy groups -OCH3 is 1. The van der Waals surface area contributed by atoms with Gasteiger partial charge in [0.15, 0.2) is 0 Å². The number of halogens is 1. The highest BCUT2D eigenvalue weighted by Crippen LogP contribution is 2.22. The van der Waals surface area contributed by atoms with Gasteiger partial charge in [-0.25, -0.2) is 4.79 Å². The van der Waals surface area contributed by atoms with E-state index < -0.39 is 5.97 Å². The lowest BCUT2D eigenvalue weighted by Gasteiger charge is -2.06. The van der Waals surface area contributed by atoms with Crippen LogP contribution in [0.1, 0.15) is 15.9 Å². The molecule has 76 valence electrons. The van der Waals surface area contributed by atoms with Crippen LogP contribution in [0.2, 0.25) is 0 Å². The molecule has 1 aromatic carbocycles. The Balaban J connectivity index is 3.34. The van der Waals surface area contributed by atoms with Gasteiger partial charge in [-0.1, -0.05) is 22.5 Å². The second-order valence-corrected chi connectivity index (χ2v) is 3.69. The van der Waals surface area contributed by atoms with Crippen molar-refractivity contribution in [2.75, 3.05) is 7.11 Å². The van der Waals surface area contributed by atoms with Gasteiger partial charge in [0.25, 0.3) is 0 Å². The molecule has 0 bridgehead atoms. The molecule has 3 nitrogen and oxygen atoms in total. The highest BCUT2D eigenvalue weighted by molar-refractivity contribution is 9.10. The van der Waals surface area contributed by atoms with Crippen LogP contribution in [0.5, 0.6) is 0 Å². The van der Waals surface area contributed by atoms with E-state index in [1.165, 1.54) is 7.11 Å². The third-order valence-corrected chi connectivity index (χ3v) is 2.34. The number of carbonyl (C=O) groups is 1. The third kappa shape index (κ3) is 2.45. The lowest BCUT2D eigenvalue weighted by molar-refractivity contribution is 0.0600. The molecule has 1 rings (SSSR count). The van der Waals surface area contributed by atoms with Crippen molar-refractivity contribution in [1.82, 2.24) is 0 Å². The minimum Gasteiger partial charge on any atom is -0.465 e. The van der Waals surface area contributed by atoms with Gasteiger partial charge in [-0.05, 0) is 18.2 Å². The van der Waals surface area contributed by atoms with Gasteiger partial charge in [0.05, 0.1) is 24.3 Å². The molecule has 0 saturated heterocycles. The molecule has 0 N–H and O–H groups in total. The first kappa shape index (κ1) is 11.5. The number of carbonyl (C=O) groups excluding carboxylic acids is 1. The SMILES string of the molecule is C=C(C#N)c1cc(Br)ccc1C(=O)OC. The van der Waals surface area contributed by atoms with Crippen molar-refractivity contribution in [2.24, 2.45) is 0 Å². The normalized spacial score (nSPS) is 9.13. The van der Waals surface area contributed by atoms with E-state index >= 15 is 0 Å². The molecule has 0 fully saturated rings. The lowest BCUT2D eigenvalue weighted by atomic mass is 10.0. The Morgan fingerprint density at radius 3 is 2.73 bits per heavy atom. The molecule has 0 aliphatic heterocycles. The monoisotopic (exact) mass is 265 g/mol. The Kier molecular flexibility index (Phi) is 3.64. The van der Waals surface area contributed by atoms with Crippen LogP contribution in [0.3, 0.4) is 0 Å². The Labute approximate surface area is 96.1 Å². The molecule has 0 heterocycles. The molecule has 0 aliphatic carbocycles. The minimum atomic E-state index is -0.478. The summed E-state index contributed by atoms with van der Waals surface area (Å²) < 4.78 is 5.39. The number of nitrogens with zero attached hydrogens (tertiary/aromatic N) is 1. The Morgan fingerprint density at radius 2 is 2.20 bits per heavy atom. The minimum absolute atomic E-state index is 0.233. The average Bonchev–Trinajstić information content (AvgIpc) is 2.26. The third-order valence-electron chi connectivity index (χ3n) is 1.85. The Morgan fingerprint density at radius 1 is 1.53 bits per heavy atom. The highest BCUT2D eigenvalue weighted by Gasteiger charge is 2.13. The number of rotatable bonds is 2. The molecule has 0 radical (unpaired) electrons. The van der Waals surface area contributed by atoms with Crippen LogP contribution in [0.4, 0.5) is 0 Å². The summed E-state index contributed by atoms with van der Waals surface area (Å²) >= 11 is 3.26. The van der Waals surface area contributed by atoms with E-state index in [4.69, 9.17) is 5.26 Å². The number of hydrogen-bond acceptors (Lipinski definition) is 3. The van der Waals surface area contributed by atoms with E-state index in [0.29, 0.717) is 11.1 Å².